The van der Waals surface area contributed by atoms with Crippen molar-refractivity contribution in [1.29, 1.82) is 0 Å². The van der Waals surface area contributed by atoms with Crippen LogP contribution in [0.1, 0.15) is 28.3 Å². The molecule has 1 atom stereocenters. The predicted molar refractivity (Wildman–Crippen MR) is 72.9 cm³/mol. The van der Waals surface area contributed by atoms with Crippen LogP contribution in [0.3, 0.4) is 0 Å². The van der Waals surface area contributed by atoms with Crippen LogP contribution in [0.4, 0.5) is 8.78 Å². The first-order chi connectivity index (χ1) is 8.99. The van der Waals surface area contributed by atoms with E-state index >= 15 is 0 Å². The first-order valence-electron chi connectivity index (χ1n) is 6.24. The highest BCUT2D eigenvalue weighted by molar-refractivity contribution is 5.33. The number of benzene rings is 2. The maximum absolute atomic E-state index is 13.7. The molecule has 2 N–H and O–H groups in total. The van der Waals surface area contributed by atoms with Crippen molar-refractivity contribution in [2.24, 2.45) is 5.73 Å². The zero-order valence-electron chi connectivity index (χ0n) is 11.1. The Labute approximate surface area is 112 Å². The zero-order valence-corrected chi connectivity index (χ0v) is 11.1. The summed E-state index contributed by atoms with van der Waals surface area (Å²) in [6.07, 6.45) is 0.422. The van der Waals surface area contributed by atoms with Crippen molar-refractivity contribution in [3.05, 3.63) is 70.3 Å². The van der Waals surface area contributed by atoms with Gasteiger partial charge in [-0.1, -0.05) is 29.8 Å². The topological polar surface area (TPSA) is 26.0 Å². The molecule has 0 aliphatic carbocycles. The highest BCUT2D eigenvalue weighted by atomic mass is 19.1. The van der Waals surface area contributed by atoms with Gasteiger partial charge >= 0.3 is 0 Å². The number of nitrogens with two attached hydrogens (primary N) is 1. The Morgan fingerprint density at radius 3 is 2.32 bits per heavy atom. The van der Waals surface area contributed by atoms with E-state index in [0.29, 0.717) is 6.42 Å². The lowest BCUT2D eigenvalue weighted by Crippen LogP contribution is -2.17. The number of hydrogen-bond donors (Lipinski definition) is 1. The third-order valence-electron chi connectivity index (χ3n) is 3.31. The van der Waals surface area contributed by atoms with Gasteiger partial charge in [0.15, 0.2) is 0 Å². The maximum atomic E-state index is 13.7. The lowest BCUT2D eigenvalue weighted by molar-refractivity contribution is 0.524. The number of halogens is 2. The van der Waals surface area contributed by atoms with Gasteiger partial charge in [-0.2, -0.15) is 0 Å². The van der Waals surface area contributed by atoms with Gasteiger partial charge in [-0.25, -0.2) is 8.78 Å². The maximum Gasteiger partial charge on any atom is 0.130 e. The molecular formula is C16H17F2N. The molecule has 2 rings (SSSR count). The third kappa shape index (κ3) is 2.99. The van der Waals surface area contributed by atoms with Crippen LogP contribution in [0.5, 0.6) is 0 Å². The van der Waals surface area contributed by atoms with E-state index in [0.717, 1.165) is 16.7 Å². The van der Waals surface area contributed by atoms with Crippen LogP contribution in [0.15, 0.2) is 36.4 Å². The van der Waals surface area contributed by atoms with E-state index in [9.17, 15) is 8.78 Å². The molecule has 0 amide bonds. The fourth-order valence-corrected chi connectivity index (χ4v) is 2.22. The molecule has 0 spiro atoms. The molecule has 19 heavy (non-hydrogen) atoms. The molecular weight excluding hydrogens is 244 g/mol. The van der Waals surface area contributed by atoms with E-state index in [1.807, 2.05) is 32.0 Å². The van der Waals surface area contributed by atoms with Gasteiger partial charge < -0.3 is 5.73 Å². The second-order valence-electron chi connectivity index (χ2n) is 4.88. The van der Waals surface area contributed by atoms with E-state index in [1.54, 1.807) is 0 Å². The molecule has 0 heterocycles. The quantitative estimate of drug-likeness (QED) is 0.893. The standard InChI is InChI=1S/C16H17F2N/c1-10-6-7-11(2)12(8-10)9-15(19)16-13(17)4-3-5-14(16)18/h3-8,15H,9,19H2,1-2H3. The van der Waals surface area contributed by atoms with Crippen molar-refractivity contribution in [3.63, 3.8) is 0 Å². The van der Waals surface area contributed by atoms with Crippen molar-refractivity contribution in [1.82, 2.24) is 0 Å². The van der Waals surface area contributed by atoms with Crippen LogP contribution in [0.25, 0.3) is 0 Å². The molecule has 2 aromatic carbocycles. The van der Waals surface area contributed by atoms with Crippen molar-refractivity contribution in [3.8, 4) is 0 Å². The molecule has 0 aliphatic rings. The number of hydrogen-bond acceptors (Lipinski definition) is 1. The number of aryl methyl sites for hydroxylation is 2. The monoisotopic (exact) mass is 261 g/mol. The van der Waals surface area contributed by atoms with E-state index in [1.165, 1.54) is 18.2 Å². The molecule has 3 heteroatoms. The van der Waals surface area contributed by atoms with Gasteiger partial charge in [0.25, 0.3) is 0 Å². The van der Waals surface area contributed by atoms with E-state index in [2.05, 4.69) is 0 Å². The Morgan fingerprint density at radius 1 is 1.05 bits per heavy atom. The predicted octanol–water partition coefficient (Wildman–Crippen LogP) is 3.82. The van der Waals surface area contributed by atoms with Gasteiger partial charge in [0, 0.05) is 11.6 Å². The Balaban J connectivity index is 2.31. The summed E-state index contributed by atoms with van der Waals surface area (Å²) in [5, 5.41) is 0. The van der Waals surface area contributed by atoms with Gasteiger partial charge in [-0.15, -0.1) is 0 Å². The van der Waals surface area contributed by atoms with Crippen LogP contribution in [-0.2, 0) is 6.42 Å². The molecule has 0 aliphatic heterocycles. The van der Waals surface area contributed by atoms with Gasteiger partial charge in [0.1, 0.15) is 11.6 Å². The number of rotatable bonds is 3. The molecule has 100 valence electrons. The SMILES string of the molecule is Cc1ccc(C)c(CC(N)c2c(F)cccc2F)c1. The largest absolute Gasteiger partial charge is 0.323 e. The summed E-state index contributed by atoms with van der Waals surface area (Å²) in [7, 11) is 0. The van der Waals surface area contributed by atoms with Crippen LogP contribution < -0.4 is 5.73 Å². The van der Waals surface area contributed by atoms with E-state index in [-0.39, 0.29) is 5.56 Å². The summed E-state index contributed by atoms with van der Waals surface area (Å²) in [6.45, 7) is 3.96. The van der Waals surface area contributed by atoms with Crippen molar-refractivity contribution >= 4 is 0 Å². The first-order valence-corrected chi connectivity index (χ1v) is 6.24. The summed E-state index contributed by atoms with van der Waals surface area (Å²) in [6, 6.07) is 9.15. The Morgan fingerprint density at radius 2 is 1.68 bits per heavy atom. The minimum absolute atomic E-state index is 0.0385. The third-order valence-corrected chi connectivity index (χ3v) is 3.31. The van der Waals surface area contributed by atoms with E-state index in [4.69, 9.17) is 5.73 Å². The highest BCUT2D eigenvalue weighted by Gasteiger charge is 2.17. The van der Waals surface area contributed by atoms with Gasteiger partial charge in [-0.05, 0) is 43.5 Å². The Kier molecular flexibility index (Phi) is 3.96. The minimum Gasteiger partial charge on any atom is -0.323 e. The molecule has 0 saturated heterocycles. The van der Waals surface area contributed by atoms with Crippen molar-refractivity contribution < 1.29 is 8.78 Å². The fourth-order valence-electron chi connectivity index (χ4n) is 2.22. The van der Waals surface area contributed by atoms with Crippen molar-refractivity contribution in [2.45, 2.75) is 26.3 Å². The normalized spacial score (nSPS) is 12.5. The highest BCUT2D eigenvalue weighted by Crippen LogP contribution is 2.24. The van der Waals surface area contributed by atoms with Gasteiger partial charge in [-0.3, -0.25) is 0 Å². The van der Waals surface area contributed by atoms with Crippen LogP contribution in [0.2, 0.25) is 0 Å². The molecule has 0 aromatic heterocycles. The summed E-state index contributed by atoms with van der Waals surface area (Å²) in [5.74, 6) is -1.17. The summed E-state index contributed by atoms with van der Waals surface area (Å²) < 4.78 is 27.3. The van der Waals surface area contributed by atoms with Crippen LogP contribution >= 0.6 is 0 Å². The Hall–Kier alpha value is -1.74. The molecule has 0 fully saturated rings. The van der Waals surface area contributed by atoms with E-state index < -0.39 is 17.7 Å². The van der Waals surface area contributed by atoms with Crippen molar-refractivity contribution in [2.75, 3.05) is 0 Å². The molecule has 0 bridgehead atoms. The summed E-state index contributed by atoms with van der Waals surface area (Å²) in [4.78, 5) is 0. The average molecular weight is 261 g/mol. The molecule has 0 saturated carbocycles. The molecule has 0 radical (unpaired) electrons. The summed E-state index contributed by atoms with van der Waals surface area (Å²) in [5.41, 5.74) is 9.15. The smallest absolute Gasteiger partial charge is 0.130 e. The minimum atomic E-state index is -0.679. The lowest BCUT2D eigenvalue weighted by Gasteiger charge is -2.16. The lowest BCUT2D eigenvalue weighted by atomic mass is 9.95. The average Bonchev–Trinajstić information content (AvgIpc) is 2.33. The van der Waals surface area contributed by atoms with Crippen LogP contribution in [0, 0.1) is 25.5 Å². The fraction of sp³-hybridized carbons (Fsp3) is 0.250. The first kappa shape index (κ1) is 13.7. The summed E-state index contributed by atoms with van der Waals surface area (Å²) >= 11 is 0. The van der Waals surface area contributed by atoms with Gasteiger partial charge in [0.05, 0.1) is 0 Å². The second kappa shape index (κ2) is 5.49. The molecule has 2 aromatic rings. The molecule has 1 nitrogen and oxygen atoms in total. The zero-order chi connectivity index (χ0) is 14.0. The second-order valence-corrected chi connectivity index (χ2v) is 4.88. The van der Waals surface area contributed by atoms with Gasteiger partial charge in [0.2, 0.25) is 0 Å². The Bertz CT molecular complexity index is 573. The molecule has 1 unspecified atom stereocenters. The van der Waals surface area contributed by atoms with Crippen LogP contribution in [-0.4, -0.2) is 0 Å².